The first-order valence-electron chi connectivity index (χ1n) is 9.17. The molecule has 0 saturated heterocycles. The molecule has 1 aromatic heterocycles. The van der Waals surface area contributed by atoms with Gasteiger partial charge >= 0.3 is 5.97 Å². The largest absolute Gasteiger partial charge is 0.467 e. The monoisotopic (exact) mass is 349 g/mol. The molecule has 1 aliphatic heterocycles. The van der Waals surface area contributed by atoms with Crippen LogP contribution >= 0.6 is 0 Å². The Kier molecular flexibility index (Phi) is 5.73. The number of ether oxygens (including phenoxy) is 1. The quantitative estimate of drug-likeness (QED) is 0.778. The number of aliphatic hydroxyl groups excluding tert-OH is 1. The number of aromatic nitrogens is 2. The third kappa shape index (κ3) is 3.86. The number of rotatable bonds is 5. The Balaban J connectivity index is 1.64. The number of methoxy groups -OCH3 is 1. The molecule has 1 amide bonds. The van der Waals surface area contributed by atoms with Crippen LogP contribution in [0, 0.1) is 5.92 Å². The average molecular weight is 349 g/mol. The van der Waals surface area contributed by atoms with Crippen molar-refractivity contribution in [3.63, 3.8) is 0 Å². The van der Waals surface area contributed by atoms with Gasteiger partial charge in [-0.25, -0.2) is 9.78 Å². The van der Waals surface area contributed by atoms with E-state index in [0.717, 1.165) is 12.2 Å². The summed E-state index contributed by atoms with van der Waals surface area (Å²) in [6, 6.07) is -0.998. The number of imidazole rings is 1. The van der Waals surface area contributed by atoms with Gasteiger partial charge in [0.2, 0.25) is 5.91 Å². The zero-order chi connectivity index (χ0) is 17.8. The molecule has 138 valence electrons. The Hall–Kier alpha value is -1.89. The van der Waals surface area contributed by atoms with Crippen molar-refractivity contribution in [1.29, 1.82) is 0 Å². The van der Waals surface area contributed by atoms with Gasteiger partial charge in [-0.3, -0.25) is 4.79 Å². The summed E-state index contributed by atoms with van der Waals surface area (Å²) in [6.07, 6.45) is 9.50. The van der Waals surface area contributed by atoms with Gasteiger partial charge in [0.05, 0.1) is 13.7 Å². The van der Waals surface area contributed by atoms with Gasteiger partial charge in [0.25, 0.3) is 0 Å². The van der Waals surface area contributed by atoms with E-state index in [1.807, 2.05) is 6.20 Å². The highest BCUT2D eigenvalue weighted by molar-refractivity contribution is 5.86. The molecule has 0 radical (unpaired) electrons. The predicted molar refractivity (Wildman–Crippen MR) is 90.9 cm³/mol. The maximum atomic E-state index is 12.4. The number of nitrogens with zero attached hydrogens (tertiary/aromatic N) is 2. The predicted octanol–water partition coefficient (Wildman–Crippen LogP) is 1.14. The van der Waals surface area contributed by atoms with Gasteiger partial charge in [-0.2, -0.15) is 0 Å². The lowest BCUT2D eigenvalue weighted by Gasteiger charge is -2.28. The third-order valence-corrected chi connectivity index (χ3v) is 5.45. The summed E-state index contributed by atoms with van der Waals surface area (Å²) in [5.74, 6) is 0.678. The molecule has 1 saturated carbocycles. The molecule has 2 heterocycles. The molecule has 2 atom stereocenters. The lowest BCUT2D eigenvalue weighted by atomic mass is 9.88. The number of fused-ring (bicyclic) bond motifs is 1. The summed E-state index contributed by atoms with van der Waals surface area (Å²) in [5, 5.41) is 11.8. The number of amides is 1. The van der Waals surface area contributed by atoms with E-state index in [-0.39, 0.29) is 11.8 Å². The maximum Gasteiger partial charge on any atom is 0.330 e. The van der Waals surface area contributed by atoms with Gasteiger partial charge < -0.3 is 19.7 Å². The summed E-state index contributed by atoms with van der Waals surface area (Å²) in [6.45, 7) is 0.316. The van der Waals surface area contributed by atoms with Crippen LogP contribution in [-0.4, -0.2) is 46.3 Å². The van der Waals surface area contributed by atoms with Crippen molar-refractivity contribution in [1.82, 2.24) is 14.9 Å². The van der Waals surface area contributed by atoms with Gasteiger partial charge in [0, 0.05) is 36.7 Å². The Labute approximate surface area is 147 Å². The first-order chi connectivity index (χ1) is 12.1. The van der Waals surface area contributed by atoms with Crippen molar-refractivity contribution in [3.05, 3.63) is 17.7 Å². The first-order valence-corrected chi connectivity index (χ1v) is 9.17. The minimum Gasteiger partial charge on any atom is -0.467 e. The van der Waals surface area contributed by atoms with Gasteiger partial charge in [-0.15, -0.1) is 0 Å². The highest BCUT2D eigenvalue weighted by atomic mass is 16.5. The molecule has 0 bridgehead atoms. The number of hydrogen-bond donors (Lipinski definition) is 2. The molecule has 2 N–H and O–H groups in total. The van der Waals surface area contributed by atoms with Gasteiger partial charge in [0.15, 0.2) is 6.04 Å². The zero-order valence-corrected chi connectivity index (χ0v) is 14.7. The normalized spacial score (nSPS) is 22.1. The van der Waals surface area contributed by atoms with Crippen LogP contribution in [0.3, 0.4) is 0 Å². The fourth-order valence-corrected chi connectivity index (χ4v) is 4.01. The Morgan fingerprint density at radius 3 is 2.80 bits per heavy atom. The van der Waals surface area contributed by atoms with Crippen LogP contribution in [0.1, 0.15) is 56.0 Å². The average Bonchev–Trinajstić information content (AvgIpc) is 3.09. The third-order valence-electron chi connectivity index (χ3n) is 5.45. The summed E-state index contributed by atoms with van der Waals surface area (Å²) >= 11 is 0. The second-order valence-electron chi connectivity index (χ2n) is 7.05. The molecular weight excluding hydrogens is 322 g/mol. The minimum atomic E-state index is -0.998. The fourth-order valence-electron chi connectivity index (χ4n) is 4.01. The zero-order valence-electron chi connectivity index (χ0n) is 14.7. The minimum absolute atomic E-state index is 0.206. The van der Waals surface area contributed by atoms with Crippen LogP contribution in [0.25, 0.3) is 0 Å². The summed E-state index contributed by atoms with van der Waals surface area (Å²) in [5.41, 5.74) is 1.09. The lowest BCUT2D eigenvalue weighted by molar-refractivity contribution is -0.146. The van der Waals surface area contributed by atoms with Crippen LogP contribution in [0.15, 0.2) is 6.20 Å². The smallest absolute Gasteiger partial charge is 0.330 e. The topological polar surface area (TPSA) is 93.5 Å². The molecule has 3 rings (SSSR count). The van der Waals surface area contributed by atoms with E-state index in [9.17, 15) is 14.7 Å². The van der Waals surface area contributed by atoms with Crippen LogP contribution in [-0.2, 0) is 27.3 Å². The van der Waals surface area contributed by atoms with Crippen molar-refractivity contribution in [2.75, 3.05) is 13.7 Å². The highest BCUT2D eigenvalue weighted by Gasteiger charge is 2.31. The van der Waals surface area contributed by atoms with E-state index in [1.165, 1.54) is 45.0 Å². The van der Waals surface area contributed by atoms with Crippen molar-refractivity contribution < 1.29 is 19.4 Å². The SMILES string of the molecule is COC(=O)C(CO)NC(=O)C1CCn2c(cnc2C2CCCCC2)C1. The maximum absolute atomic E-state index is 12.4. The van der Waals surface area contributed by atoms with Gasteiger partial charge in [-0.05, 0) is 19.3 Å². The second-order valence-corrected chi connectivity index (χ2v) is 7.05. The van der Waals surface area contributed by atoms with Crippen molar-refractivity contribution in [3.8, 4) is 0 Å². The second kappa shape index (κ2) is 7.99. The molecule has 7 nitrogen and oxygen atoms in total. The van der Waals surface area contributed by atoms with Crippen LogP contribution < -0.4 is 5.32 Å². The molecular formula is C18H27N3O4. The number of hydrogen-bond acceptors (Lipinski definition) is 5. The molecule has 1 aliphatic carbocycles. The van der Waals surface area contributed by atoms with Crippen LogP contribution in [0.4, 0.5) is 0 Å². The standard InChI is InChI=1S/C18H27N3O4/c1-25-18(24)15(11-22)20-17(23)13-7-8-21-14(9-13)10-19-16(21)12-5-3-2-4-6-12/h10,12-13,15,22H,2-9,11H2,1H3,(H,20,23). The molecule has 1 aromatic rings. The summed E-state index contributed by atoms with van der Waals surface area (Å²) in [7, 11) is 1.24. The number of carbonyl (C=O) groups is 2. The van der Waals surface area contributed by atoms with E-state index in [0.29, 0.717) is 18.8 Å². The molecule has 0 spiro atoms. The highest BCUT2D eigenvalue weighted by Crippen LogP contribution is 2.34. The summed E-state index contributed by atoms with van der Waals surface area (Å²) in [4.78, 5) is 28.6. The molecule has 1 fully saturated rings. The Morgan fingerprint density at radius 1 is 1.36 bits per heavy atom. The van der Waals surface area contributed by atoms with Crippen molar-refractivity contribution >= 4 is 11.9 Å². The Bertz CT molecular complexity index is 622. The van der Waals surface area contributed by atoms with Crippen molar-refractivity contribution in [2.45, 2.75) is 63.5 Å². The van der Waals surface area contributed by atoms with Crippen LogP contribution in [0.2, 0.25) is 0 Å². The Morgan fingerprint density at radius 2 is 2.12 bits per heavy atom. The molecule has 25 heavy (non-hydrogen) atoms. The first kappa shape index (κ1) is 17.9. The molecule has 2 aliphatic rings. The van der Waals surface area contributed by atoms with Gasteiger partial charge in [-0.1, -0.05) is 19.3 Å². The van der Waals surface area contributed by atoms with Gasteiger partial charge in [0.1, 0.15) is 5.82 Å². The fraction of sp³-hybridized carbons (Fsp3) is 0.722. The van der Waals surface area contributed by atoms with Crippen LogP contribution in [0.5, 0.6) is 0 Å². The molecule has 7 heteroatoms. The number of nitrogens with one attached hydrogen (secondary N) is 1. The number of aliphatic hydroxyl groups is 1. The van der Waals surface area contributed by atoms with E-state index in [1.54, 1.807) is 0 Å². The number of carbonyl (C=O) groups excluding carboxylic acids is 2. The summed E-state index contributed by atoms with van der Waals surface area (Å²) < 4.78 is 6.87. The molecule has 0 aromatic carbocycles. The molecule has 2 unspecified atom stereocenters. The van der Waals surface area contributed by atoms with E-state index >= 15 is 0 Å². The lowest BCUT2D eigenvalue weighted by Crippen LogP contribution is -2.47. The van der Waals surface area contributed by atoms with E-state index in [4.69, 9.17) is 0 Å². The number of esters is 1. The van der Waals surface area contributed by atoms with E-state index < -0.39 is 18.6 Å². The van der Waals surface area contributed by atoms with Crippen molar-refractivity contribution in [2.24, 2.45) is 5.92 Å². The van der Waals surface area contributed by atoms with E-state index in [2.05, 4.69) is 19.6 Å².